The summed E-state index contributed by atoms with van der Waals surface area (Å²) in [6, 6.07) is 0. The SMILES string of the molecule is C=CCN1CC[C@H]2Cc3[nH]c4c(c3C(=O)[C@@H]2C1)CCC4. The fourth-order valence-corrected chi connectivity index (χ4v) is 4.44. The number of piperidine rings is 1. The first-order valence-corrected chi connectivity index (χ1v) is 7.88. The number of fused-ring (bicyclic) bond motifs is 4. The van der Waals surface area contributed by atoms with E-state index < -0.39 is 0 Å². The van der Waals surface area contributed by atoms with Crippen molar-refractivity contribution < 1.29 is 4.79 Å². The van der Waals surface area contributed by atoms with Crippen LogP contribution in [-0.4, -0.2) is 35.3 Å². The highest BCUT2D eigenvalue weighted by Crippen LogP contribution is 2.39. The van der Waals surface area contributed by atoms with Crippen LogP contribution < -0.4 is 0 Å². The molecule has 3 nitrogen and oxygen atoms in total. The van der Waals surface area contributed by atoms with E-state index in [0.717, 1.165) is 50.9 Å². The molecule has 0 saturated carbocycles. The van der Waals surface area contributed by atoms with E-state index >= 15 is 0 Å². The molecule has 0 bridgehead atoms. The van der Waals surface area contributed by atoms with Crippen molar-refractivity contribution in [2.45, 2.75) is 32.1 Å². The molecular weight excluding hydrogens is 248 g/mol. The van der Waals surface area contributed by atoms with E-state index in [2.05, 4.69) is 16.5 Å². The second-order valence-electron chi connectivity index (χ2n) is 6.56. The Bertz CT molecular complexity index is 572. The van der Waals surface area contributed by atoms with E-state index in [-0.39, 0.29) is 5.92 Å². The van der Waals surface area contributed by atoms with Gasteiger partial charge in [-0.3, -0.25) is 9.69 Å². The number of aromatic nitrogens is 1. The molecule has 0 radical (unpaired) electrons. The molecule has 2 atom stereocenters. The van der Waals surface area contributed by atoms with Crippen LogP contribution in [0.5, 0.6) is 0 Å². The Balaban J connectivity index is 1.67. The summed E-state index contributed by atoms with van der Waals surface area (Å²) in [5, 5.41) is 0. The number of carbonyl (C=O) groups is 1. The van der Waals surface area contributed by atoms with Crippen molar-refractivity contribution in [2.75, 3.05) is 19.6 Å². The predicted molar refractivity (Wildman–Crippen MR) is 79.1 cm³/mol. The van der Waals surface area contributed by atoms with Gasteiger partial charge in [0.25, 0.3) is 0 Å². The lowest BCUT2D eigenvalue weighted by Crippen LogP contribution is -2.46. The third kappa shape index (κ3) is 1.72. The lowest BCUT2D eigenvalue weighted by atomic mass is 9.72. The van der Waals surface area contributed by atoms with Crippen LogP contribution in [-0.2, 0) is 19.3 Å². The maximum absolute atomic E-state index is 12.9. The zero-order valence-electron chi connectivity index (χ0n) is 12.0. The summed E-state index contributed by atoms with van der Waals surface area (Å²) in [5.74, 6) is 1.19. The van der Waals surface area contributed by atoms with E-state index in [1.54, 1.807) is 0 Å². The van der Waals surface area contributed by atoms with Crippen LogP contribution in [0.3, 0.4) is 0 Å². The normalized spacial score (nSPS) is 28.9. The van der Waals surface area contributed by atoms with Crippen LogP contribution in [0, 0.1) is 11.8 Å². The van der Waals surface area contributed by atoms with Gasteiger partial charge in [0.1, 0.15) is 0 Å². The fraction of sp³-hybridized carbons (Fsp3) is 0.588. The molecule has 1 aromatic rings. The van der Waals surface area contributed by atoms with Crippen molar-refractivity contribution in [1.29, 1.82) is 0 Å². The second-order valence-corrected chi connectivity index (χ2v) is 6.56. The lowest BCUT2D eigenvalue weighted by Gasteiger charge is -2.40. The summed E-state index contributed by atoms with van der Waals surface area (Å²) in [6.45, 7) is 6.77. The van der Waals surface area contributed by atoms with Crippen molar-refractivity contribution >= 4 is 5.78 Å². The first-order valence-electron chi connectivity index (χ1n) is 7.88. The third-order valence-electron chi connectivity index (χ3n) is 5.40. The minimum Gasteiger partial charge on any atom is -0.361 e. The average Bonchev–Trinajstić information content (AvgIpc) is 3.00. The van der Waals surface area contributed by atoms with Gasteiger partial charge in [0.2, 0.25) is 0 Å². The number of nitrogens with one attached hydrogen (secondary N) is 1. The average molecular weight is 270 g/mol. The summed E-state index contributed by atoms with van der Waals surface area (Å²) in [5.41, 5.74) is 5.03. The number of aromatic amines is 1. The number of ketones is 1. The van der Waals surface area contributed by atoms with Crippen LogP contribution in [0.4, 0.5) is 0 Å². The van der Waals surface area contributed by atoms with Gasteiger partial charge in [-0.1, -0.05) is 6.08 Å². The summed E-state index contributed by atoms with van der Waals surface area (Å²) >= 11 is 0. The van der Waals surface area contributed by atoms with E-state index in [0.29, 0.717) is 11.7 Å². The topological polar surface area (TPSA) is 36.1 Å². The first kappa shape index (κ1) is 12.4. The largest absolute Gasteiger partial charge is 0.361 e. The van der Waals surface area contributed by atoms with Gasteiger partial charge in [0.05, 0.1) is 0 Å². The standard InChI is InChI=1S/C17H22N2O/c1-2-7-19-8-6-11-9-15-16(17(20)13(11)10-19)12-4-3-5-14(12)18-15/h2,11,13,18H,1,3-10H2/t11-,13+/m0/s1. The Hall–Kier alpha value is -1.35. The number of rotatable bonds is 2. The molecule has 0 aromatic carbocycles. The molecule has 4 rings (SSSR count). The van der Waals surface area contributed by atoms with E-state index in [1.807, 2.05) is 6.08 Å². The monoisotopic (exact) mass is 270 g/mol. The summed E-state index contributed by atoms with van der Waals surface area (Å²) < 4.78 is 0. The maximum atomic E-state index is 12.9. The van der Waals surface area contributed by atoms with E-state index in [9.17, 15) is 4.79 Å². The Labute approximate surface area is 120 Å². The van der Waals surface area contributed by atoms with Gasteiger partial charge in [0, 0.05) is 36.0 Å². The number of H-pyrrole nitrogens is 1. The molecule has 1 aliphatic heterocycles. The molecule has 3 heteroatoms. The number of carbonyl (C=O) groups excluding carboxylic acids is 1. The number of Topliss-reactive ketones (excluding diaryl/α,β-unsaturated/α-hetero) is 1. The van der Waals surface area contributed by atoms with E-state index in [1.165, 1.54) is 23.4 Å². The molecule has 1 saturated heterocycles. The second kappa shape index (κ2) is 4.59. The molecule has 106 valence electrons. The lowest BCUT2D eigenvalue weighted by molar-refractivity contribution is 0.0682. The van der Waals surface area contributed by atoms with Gasteiger partial charge >= 0.3 is 0 Å². The summed E-state index contributed by atoms with van der Waals surface area (Å²) in [4.78, 5) is 18.9. The Morgan fingerprint density at radius 1 is 1.35 bits per heavy atom. The van der Waals surface area contributed by atoms with E-state index in [4.69, 9.17) is 0 Å². The third-order valence-corrected chi connectivity index (χ3v) is 5.40. The van der Waals surface area contributed by atoms with Crippen molar-refractivity contribution in [2.24, 2.45) is 11.8 Å². The zero-order valence-corrected chi connectivity index (χ0v) is 12.0. The number of aryl methyl sites for hydroxylation is 1. The molecular formula is C17H22N2O. The minimum atomic E-state index is 0.219. The highest BCUT2D eigenvalue weighted by Gasteiger charge is 2.42. The number of hydrogen-bond donors (Lipinski definition) is 1. The molecule has 0 spiro atoms. The van der Waals surface area contributed by atoms with Gasteiger partial charge in [-0.2, -0.15) is 0 Å². The molecule has 3 aliphatic rings. The van der Waals surface area contributed by atoms with Gasteiger partial charge in [-0.05, 0) is 50.1 Å². The molecule has 2 heterocycles. The molecule has 1 fully saturated rings. The Kier molecular flexibility index (Phi) is 2.84. The molecule has 1 aromatic heterocycles. The number of likely N-dealkylation sites (tertiary alicyclic amines) is 1. The molecule has 0 amide bonds. The van der Waals surface area contributed by atoms with Crippen LogP contribution in [0.2, 0.25) is 0 Å². The quantitative estimate of drug-likeness (QED) is 0.838. The maximum Gasteiger partial charge on any atom is 0.169 e. The van der Waals surface area contributed by atoms with Crippen molar-refractivity contribution in [3.63, 3.8) is 0 Å². The van der Waals surface area contributed by atoms with Crippen LogP contribution in [0.25, 0.3) is 0 Å². The number of nitrogens with zero attached hydrogens (tertiary/aromatic N) is 1. The first-order chi connectivity index (χ1) is 9.78. The zero-order chi connectivity index (χ0) is 13.7. The Morgan fingerprint density at radius 2 is 2.25 bits per heavy atom. The predicted octanol–water partition coefficient (Wildman–Crippen LogP) is 2.37. The van der Waals surface area contributed by atoms with Crippen molar-refractivity contribution in [3.05, 3.63) is 35.2 Å². The van der Waals surface area contributed by atoms with Crippen LogP contribution in [0.1, 0.15) is 40.2 Å². The van der Waals surface area contributed by atoms with Gasteiger partial charge in [-0.25, -0.2) is 0 Å². The van der Waals surface area contributed by atoms with Gasteiger partial charge in [0.15, 0.2) is 5.78 Å². The van der Waals surface area contributed by atoms with Crippen LogP contribution >= 0.6 is 0 Å². The van der Waals surface area contributed by atoms with Crippen LogP contribution in [0.15, 0.2) is 12.7 Å². The molecule has 2 aliphatic carbocycles. The minimum absolute atomic E-state index is 0.219. The molecule has 0 unspecified atom stereocenters. The smallest absolute Gasteiger partial charge is 0.169 e. The Morgan fingerprint density at radius 3 is 3.10 bits per heavy atom. The highest BCUT2D eigenvalue weighted by molar-refractivity contribution is 6.02. The highest BCUT2D eigenvalue weighted by atomic mass is 16.1. The number of hydrogen-bond acceptors (Lipinski definition) is 2. The molecule has 1 N–H and O–H groups in total. The molecule has 20 heavy (non-hydrogen) atoms. The summed E-state index contributed by atoms with van der Waals surface area (Å²) in [7, 11) is 0. The van der Waals surface area contributed by atoms with Crippen molar-refractivity contribution in [1.82, 2.24) is 9.88 Å². The van der Waals surface area contributed by atoms with Crippen molar-refractivity contribution in [3.8, 4) is 0 Å². The van der Waals surface area contributed by atoms with Gasteiger partial charge < -0.3 is 4.98 Å². The fourth-order valence-electron chi connectivity index (χ4n) is 4.44. The summed E-state index contributed by atoms with van der Waals surface area (Å²) in [6.07, 6.45) is 7.62. The van der Waals surface area contributed by atoms with Gasteiger partial charge in [-0.15, -0.1) is 6.58 Å².